The number of rotatable bonds is 6. The molecule has 0 aliphatic rings. The van der Waals surface area contributed by atoms with Gasteiger partial charge in [-0.1, -0.05) is 12.1 Å². The standard InChI is InChI=1S/C15H17N3O5S/c1-9-12(8-14(19)20)15(21)17-13(16-9)7-10-3-5-11(6-4-10)18-24(2,22)23/h3-6,18H,7-8H2,1-2H3,(H,19,20)(H,16,17,21). The van der Waals surface area contributed by atoms with Crippen molar-refractivity contribution < 1.29 is 18.3 Å². The van der Waals surface area contributed by atoms with Gasteiger partial charge < -0.3 is 10.1 Å². The second-order valence-corrected chi connectivity index (χ2v) is 7.14. The number of aryl methyl sites for hydroxylation is 1. The first kappa shape index (κ1) is 17.7. The first-order chi connectivity index (χ1) is 11.1. The van der Waals surface area contributed by atoms with Crippen molar-refractivity contribution in [2.45, 2.75) is 19.8 Å². The van der Waals surface area contributed by atoms with Gasteiger partial charge in [0.2, 0.25) is 10.0 Å². The normalized spacial score (nSPS) is 11.2. The van der Waals surface area contributed by atoms with E-state index in [-0.39, 0.29) is 12.0 Å². The minimum Gasteiger partial charge on any atom is -0.481 e. The van der Waals surface area contributed by atoms with Crippen LogP contribution in [0.3, 0.4) is 0 Å². The maximum absolute atomic E-state index is 12.0. The van der Waals surface area contributed by atoms with Crippen molar-refractivity contribution >= 4 is 21.7 Å². The van der Waals surface area contributed by atoms with Crippen LogP contribution in [0.1, 0.15) is 22.6 Å². The Labute approximate surface area is 138 Å². The fraction of sp³-hybridized carbons (Fsp3) is 0.267. The number of anilines is 1. The summed E-state index contributed by atoms with van der Waals surface area (Å²) in [6.07, 6.45) is 1.03. The molecule has 0 atom stereocenters. The number of nitrogens with zero attached hydrogens (tertiary/aromatic N) is 1. The second kappa shape index (κ2) is 6.83. The van der Waals surface area contributed by atoms with Crippen LogP contribution in [0.2, 0.25) is 0 Å². The topological polar surface area (TPSA) is 129 Å². The van der Waals surface area contributed by atoms with E-state index in [1.165, 1.54) is 0 Å². The van der Waals surface area contributed by atoms with Crippen LogP contribution in [0.5, 0.6) is 0 Å². The molecule has 0 amide bonds. The second-order valence-electron chi connectivity index (χ2n) is 5.40. The van der Waals surface area contributed by atoms with E-state index in [0.717, 1.165) is 11.8 Å². The fourth-order valence-electron chi connectivity index (χ4n) is 2.21. The lowest BCUT2D eigenvalue weighted by Crippen LogP contribution is -2.21. The summed E-state index contributed by atoms with van der Waals surface area (Å²) in [5.74, 6) is -0.678. The molecule has 0 saturated carbocycles. The monoisotopic (exact) mass is 351 g/mol. The molecule has 0 aliphatic carbocycles. The summed E-state index contributed by atoms with van der Waals surface area (Å²) in [5.41, 5.74) is 1.32. The van der Waals surface area contributed by atoms with Crippen molar-refractivity contribution in [2.75, 3.05) is 11.0 Å². The maximum atomic E-state index is 12.0. The van der Waals surface area contributed by atoms with Gasteiger partial charge in [0.15, 0.2) is 0 Å². The van der Waals surface area contributed by atoms with Crippen molar-refractivity contribution in [1.29, 1.82) is 0 Å². The largest absolute Gasteiger partial charge is 0.481 e. The molecule has 0 aliphatic heterocycles. The van der Waals surface area contributed by atoms with E-state index in [1.54, 1.807) is 31.2 Å². The van der Waals surface area contributed by atoms with Gasteiger partial charge >= 0.3 is 5.97 Å². The van der Waals surface area contributed by atoms with Crippen LogP contribution in [0, 0.1) is 6.92 Å². The summed E-state index contributed by atoms with van der Waals surface area (Å²) in [4.78, 5) is 29.5. The third kappa shape index (κ3) is 4.92. The number of aliphatic carboxylic acids is 1. The van der Waals surface area contributed by atoms with Crippen molar-refractivity contribution in [1.82, 2.24) is 9.97 Å². The Balaban J connectivity index is 2.19. The molecule has 128 valence electrons. The molecule has 0 fully saturated rings. The molecule has 2 rings (SSSR count). The zero-order valence-corrected chi connectivity index (χ0v) is 14.0. The van der Waals surface area contributed by atoms with E-state index < -0.39 is 21.6 Å². The average molecular weight is 351 g/mol. The first-order valence-electron chi connectivity index (χ1n) is 7.01. The van der Waals surface area contributed by atoms with Gasteiger partial charge in [0.25, 0.3) is 5.56 Å². The van der Waals surface area contributed by atoms with Gasteiger partial charge in [-0.05, 0) is 24.6 Å². The Hall–Kier alpha value is -2.68. The summed E-state index contributed by atoms with van der Waals surface area (Å²) in [5, 5.41) is 8.80. The third-order valence-corrected chi connectivity index (χ3v) is 3.83. The van der Waals surface area contributed by atoms with Gasteiger partial charge in [0, 0.05) is 23.4 Å². The van der Waals surface area contributed by atoms with Crippen molar-refractivity contribution in [3.63, 3.8) is 0 Å². The lowest BCUT2D eigenvalue weighted by atomic mass is 10.1. The summed E-state index contributed by atoms with van der Waals surface area (Å²) < 4.78 is 24.7. The van der Waals surface area contributed by atoms with Crippen LogP contribution in [-0.4, -0.2) is 35.7 Å². The molecule has 0 bridgehead atoms. The molecule has 9 heteroatoms. The average Bonchev–Trinajstić information content (AvgIpc) is 2.43. The third-order valence-electron chi connectivity index (χ3n) is 3.23. The number of hydrogen-bond acceptors (Lipinski definition) is 5. The lowest BCUT2D eigenvalue weighted by Gasteiger charge is -2.07. The Morgan fingerprint density at radius 3 is 2.42 bits per heavy atom. The van der Waals surface area contributed by atoms with Crippen LogP contribution in [0.15, 0.2) is 29.1 Å². The molecule has 3 N–H and O–H groups in total. The van der Waals surface area contributed by atoms with Gasteiger partial charge in [-0.2, -0.15) is 0 Å². The number of carbonyl (C=O) groups is 1. The summed E-state index contributed by atoms with van der Waals surface area (Å²) in [6.45, 7) is 1.59. The number of nitrogens with one attached hydrogen (secondary N) is 2. The van der Waals surface area contributed by atoms with E-state index in [1.807, 2.05) is 0 Å². The van der Waals surface area contributed by atoms with Crippen LogP contribution in [0.4, 0.5) is 5.69 Å². The van der Waals surface area contributed by atoms with Gasteiger partial charge in [0.1, 0.15) is 5.82 Å². The van der Waals surface area contributed by atoms with E-state index in [9.17, 15) is 18.0 Å². The van der Waals surface area contributed by atoms with Crippen molar-refractivity contribution in [2.24, 2.45) is 0 Å². The zero-order valence-electron chi connectivity index (χ0n) is 13.2. The number of sulfonamides is 1. The molecule has 24 heavy (non-hydrogen) atoms. The summed E-state index contributed by atoms with van der Waals surface area (Å²) in [7, 11) is -3.33. The summed E-state index contributed by atoms with van der Waals surface area (Å²) >= 11 is 0. The quantitative estimate of drug-likeness (QED) is 0.701. The van der Waals surface area contributed by atoms with E-state index >= 15 is 0 Å². The molecule has 1 aromatic heterocycles. The van der Waals surface area contributed by atoms with Crippen LogP contribution in [-0.2, 0) is 27.7 Å². The van der Waals surface area contributed by atoms with E-state index in [2.05, 4.69) is 14.7 Å². The number of hydrogen-bond donors (Lipinski definition) is 3. The molecule has 1 heterocycles. The molecule has 0 unspecified atom stereocenters. The SMILES string of the molecule is Cc1nc(Cc2ccc(NS(C)(=O)=O)cc2)[nH]c(=O)c1CC(=O)O. The van der Waals surface area contributed by atoms with Crippen molar-refractivity contribution in [3.8, 4) is 0 Å². The first-order valence-corrected chi connectivity index (χ1v) is 8.90. The molecular formula is C15H17N3O5S. The predicted octanol–water partition coefficient (Wildman–Crippen LogP) is 0.668. The Morgan fingerprint density at radius 1 is 1.29 bits per heavy atom. The highest BCUT2D eigenvalue weighted by Crippen LogP contribution is 2.13. The van der Waals surface area contributed by atoms with Gasteiger partial charge in [0.05, 0.1) is 12.7 Å². The molecule has 8 nitrogen and oxygen atoms in total. The fourth-order valence-corrected chi connectivity index (χ4v) is 2.77. The van der Waals surface area contributed by atoms with Crippen LogP contribution < -0.4 is 10.3 Å². The maximum Gasteiger partial charge on any atom is 0.308 e. The van der Waals surface area contributed by atoms with E-state index in [4.69, 9.17) is 5.11 Å². The van der Waals surface area contributed by atoms with E-state index in [0.29, 0.717) is 23.6 Å². The number of aromatic nitrogens is 2. The number of aromatic amines is 1. The highest BCUT2D eigenvalue weighted by atomic mass is 32.2. The van der Waals surface area contributed by atoms with Crippen LogP contribution in [0.25, 0.3) is 0 Å². The van der Waals surface area contributed by atoms with Crippen LogP contribution >= 0.6 is 0 Å². The van der Waals surface area contributed by atoms with Gasteiger partial charge in [-0.25, -0.2) is 13.4 Å². The zero-order chi connectivity index (χ0) is 17.9. The smallest absolute Gasteiger partial charge is 0.308 e. The predicted molar refractivity (Wildman–Crippen MR) is 88.6 cm³/mol. The Kier molecular flexibility index (Phi) is 5.03. The minimum absolute atomic E-state index is 0.138. The number of carboxylic acids is 1. The lowest BCUT2D eigenvalue weighted by molar-refractivity contribution is -0.136. The van der Waals surface area contributed by atoms with Gasteiger partial charge in [-0.15, -0.1) is 0 Å². The Bertz CT molecular complexity index is 917. The Morgan fingerprint density at radius 2 is 1.92 bits per heavy atom. The summed E-state index contributed by atoms with van der Waals surface area (Å²) in [6, 6.07) is 6.66. The molecule has 0 spiro atoms. The van der Waals surface area contributed by atoms with Crippen molar-refractivity contribution in [3.05, 3.63) is 57.3 Å². The highest BCUT2D eigenvalue weighted by Gasteiger charge is 2.12. The van der Waals surface area contributed by atoms with Gasteiger partial charge in [-0.3, -0.25) is 14.3 Å². The molecule has 0 saturated heterocycles. The molecule has 0 radical (unpaired) electrons. The number of H-pyrrole nitrogens is 1. The molecular weight excluding hydrogens is 334 g/mol. The molecule has 1 aromatic carbocycles. The highest BCUT2D eigenvalue weighted by molar-refractivity contribution is 7.92. The number of benzene rings is 1. The number of carboxylic acid groups (broad SMARTS) is 1. The minimum atomic E-state index is -3.33. The molecule has 2 aromatic rings.